The second-order valence-corrected chi connectivity index (χ2v) is 6.29. The third-order valence-electron chi connectivity index (χ3n) is 4.40. The first kappa shape index (κ1) is 15.7. The smallest absolute Gasteiger partial charge is 0.0423 e. The molecule has 3 nitrogen and oxygen atoms in total. The first-order valence-electron chi connectivity index (χ1n) is 7.56. The van der Waals surface area contributed by atoms with Crippen molar-refractivity contribution in [1.82, 2.24) is 4.90 Å². The molecule has 0 radical (unpaired) electrons. The van der Waals surface area contributed by atoms with E-state index >= 15 is 0 Å². The summed E-state index contributed by atoms with van der Waals surface area (Å²) in [4.78, 5) is 6.41. The lowest BCUT2D eigenvalue weighted by molar-refractivity contribution is 0.192. The summed E-state index contributed by atoms with van der Waals surface area (Å²) in [6.45, 7) is 9.74. The first-order chi connectivity index (χ1) is 9.71. The van der Waals surface area contributed by atoms with E-state index in [1.54, 1.807) is 11.8 Å². The summed E-state index contributed by atoms with van der Waals surface area (Å²) in [5, 5.41) is 0. The molecule has 4 heteroatoms. The molecule has 0 bridgehead atoms. The quantitative estimate of drug-likeness (QED) is 0.846. The topological polar surface area (TPSA) is 32.5 Å². The van der Waals surface area contributed by atoms with E-state index in [9.17, 15) is 0 Å². The third-order valence-corrected chi connectivity index (χ3v) is 5.22. The van der Waals surface area contributed by atoms with Crippen LogP contribution in [-0.2, 0) is 6.54 Å². The molecule has 1 aromatic carbocycles. The van der Waals surface area contributed by atoms with Crippen LogP contribution < -0.4 is 10.6 Å². The maximum absolute atomic E-state index is 5.98. The maximum atomic E-state index is 5.98. The van der Waals surface area contributed by atoms with Crippen molar-refractivity contribution >= 4 is 17.4 Å². The number of rotatable bonds is 5. The molecule has 1 heterocycles. The summed E-state index contributed by atoms with van der Waals surface area (Å²) < 4.78 is 0. The van der Waals surface area contributed by atoms with Crippen LogP contribution in [0.3, 0.4) is 0 Å². The molecule has 1 aromatic rings. The van der Waals surface area contributed by atoms with Crippen molar-refractivity contribution in [3.8, 4) is 0 Å². The predicted molar refractivity (Wildman–Crippen MR) is 89.7 cm³/mol. The lowest BCUT2D eigenvalue weighted by Gasteiger charge is -2.39. The van der Waals surface area contributed by atoms with Crippen LogP contribution in [0, 0.1) is 0 Å². The lowest BCUT2D eigenvalue weighted by atomic mass is 10.1. The Bertz CT molecular complexity index is 428. The van der Waals surface area contributed by atoms with Crippen molar-refractivity contribution in [2.24, 2.45) is 5.73 Å². The summed E-state index contributed by atoms with van der Waals surface area (Å²) >= 11 is 1.79. The normalized spacial score (nSPS) is 18.3. The van der Waals surface area contributed by atoms with E-state index in [0.29, 0.717) is 12.6 Å². The molecule has 0 spiro atoms. The van der Waals surface area contributed by atoms with Gasteiger partial charge in [-0.15, -0.1) is 11.8 Å². The van der Waals surface area contributed by atoms with Gasteiger partial charge in [-0.05, 0) is 31.7 Å². The maximum Gasteiger partial charge on any atom is 0.0423 e. The Morgan fingerprint density at radius 1 is 1.25 bits per heavy atom. The zero-order chi connectivity index (χ0) is 14.5. The highest BCUT2D eigenvalue weighted by molar-refractivity contribution is 7.98. The molecule has 2 rings (SSSR count). The largest absolute Gasteiger partial charge is 0.369 e. The van der Waals surface area contributed by atoms with E-state index in [0.717, 1.165) is 26.2 Å². The van der Waals surface area contributed by atoms with E-state index in [1.807, 2.05) is 0 Å². The molecule has 20 heavy (non-hydrogen) atoms. The van der Waals surface area contributed by atoms with Gasteiger partial charge in [0.25, 0.3) is 0 Å². The standard InChI is InChI=1S/C16H27N3S/c1-4-13(2)18-8-10-19(11-9-18)15-6-5-7-16(20-3)14(15)12-17/h5-7,13H,4,8-12,17H2,1-3H3. The monoisotopic (exact) mass is 293 g/mol. The molecule has 0 aromatic heterocycles. The number of thioether (sulfide) groups is 1. The number of benzene rings is 1. The van der Waals surface area contributed by atoms with Gasteiger partial charge in [0.2, 0.25) is 0 Å². The molecule has 1 unspecified atom stereocenters. The molecule has 0 amide bonds. The lowest BCUT2D eigenvalue weighted by Crippen LogP contribution is -2.49. The van der Waals surface area contributed by atoms with E-state index in [1.165, 1.54) is 22.6 Å². The predicted octanol–water partition coefficient (Wildman–Crippen LogP) is 2.79. The van der Waals surface area contributed by atoms with Crippen LogP contribution in [0.4, 0.5) is 5.69 Å². The molecular formula is C16H27N3S. The summed E-state index contributed by atoms with van der Waals surface area (Å²) in [6.07, 6.45) is 3.36. The molecule has 1 fully saturated rings. The van der Waals surface area contributed by atoms with Gasteiger partial charge < -0.3 is 10.6 Å². The molecular weight excluding hydrogens is 266 g/mol. The van der Waals surface area contributed by atoms with Crippen LogP contribution in [0.15, 0.2) is 23.1 Å². The Labute approximate surface area is 127 Å². The van der Waals surface area contributed by atoms with Crippen molar-refractivity contribution in [3.63, 3.8) is 0 Å². The number of nitrogens with zero attached hydrogens (tertiary/aromatic N) is 2. The van der Waals surface area contributed by atoms with Gasteiger partial charge in [-0.2, -0.15) is 0 Å². The highest BCUT2D eigenvalue weighted by Gasteiger charge is 2.22. The highest BCUT2D eigenvalue weighted by Crippen LogP contribution is 2.30. The van der Waals surface area contributed by atoms with Crippen LogP contribution in [0.1, 0.15) is 25.8 Å². The van der Waals surface area contributed by atoms with Crippen molar-refractivity contribution in [1.29, 1.82) is 0 Å². The average molecular weight is 293 g/mol. The molecule has 1 aliphatic rings. The molecule has 0 saturated carbocycles. The number of hydrogen-bond donors (Lipinski definition) is 1. The van der Waals surface area contributed by atoms with Crippen LogP contribution in [0.25, 0.3) is 0 Å². The fraction of sp³-hybridized carbons (Fsp3) is 0.625. The van der Waals surface area contributed by atoms with Gasteiger partial charge in [-0.3, -0.25) is 4.90 Å². The minimum absolute atomic E-state index is 0.623. The fourth-order valence-electron chi connectivity index (χ4n) is 2.91. The Kier molecular flexibility index (Phi) is 5.75. The zero-order valence-corrected chi connectivity index (χ0v) is 13.7. The van der Waals surface area contributed by atoms with Crippen LogP contribution >= 0.6 is 11.8 Å². The van der Waals surface area contributed by atoms with Crippen LogP contribution in [0.2, 0.25) is 0 Å². The second-order valence-electron chi connectivity index (χ2n) is 5.44. The highest BCUT2D eigenvalue weighted by atomic mass is 32.2. The number of piperazine rings is 1. The van der Waals surface area contributed by atoms with E-state index < -0.39 is 0 Å². The summed E-state index contributed by atoms with van der Waals surface area (Å²) in [5.41, 5.74) is 8.62. The SMILES string of the molecule is CCC(C)N1CCN(c2cccc(SC)c2CN)CC1. The fourth-order valence-corrected chi connectivity index (χ4v) is 3.56. The molecule has 112 valence electrons. The van der Waals surface area contributed by atoms with Crippen molar-refractivity contribution in [2.45, 2.75) is 37.8 Å². The molecule has 1 saturated heterocycles. The third kappa shape index (κ3) is 3.30. The van der Waals surface area contributed by atoms with Crippen LogP contribution in [0.5, 0.6) is 0 Å². The molecule has 1 aliphatic heterocycles. The Morgan fingerprint density at radius 2 is 1.95 bits per heavy atom. The molecule has 2 N–H and O–H groups in total. The number of anilines is 1. The van der Waals surface area contributed by atoms with Gasteiger partial charge in [-0.25, -0.2) is 0 Å². The van der Waals surface area contributed by atoms with Gasteiger partial charge in [0.15, 0.2) is 0 Å². The molecule has 0 aliphatic carbocycles. The average Bonchev–Trinajstić information content (AvgIpc) is 2.53. The number of nitrogens with two attached hydrogens (primary N) is 1. The summed E-state index contributed by atoms with van der Waals surface area (Å²) in [6, 6.07) is 7.25. The Balaban J connectivity index is 2.11. The number of hydrogen-bond acceptors (Lipinski definition) is 4. The Morgan fingerprint density at radius 3 is 2.50 bits per heavy atom. The summed E-state index contributed by atoms with van der Waals surface area (Å²) in [7, 11) is 0. The minimum Gasteiger partial charge on any atom is -0.369 e. The first-order valence-corrected chi connectivity index (χ1v) is 8.78. The van der Waals surface area contributed by atoms with E-state index in [2.05, 4.69) is 48.1 Å². The zero-order valence-electron chi connectivity index (χ0n) is 12.9. The van der Waals surface area contributed by atoms with Crippen LogP contribution in [-0.4, -0.2) is 43.4 Å². The second kappa shape index (κ2) is 7.34. The van der Waals surface area contributed by atoms with Gasteiger partial charge in [0, 0.05) is 54.9 Å². The van der Waals surface area contributed by atoms with Crippen molar-refractivity contribution < 1.29 is 0 Å². The van der Waals surface area contributed by atoms with E-state index in [4.69, 9.17) is 5.73 Å². The van der Waals surface area contributed by atoms with Crippen molar-refractivity contribution in [2.75, 3.05) is 37.3 Å². The van der Waals surface area contributed by atoms with Gasteiger partial charge >= 0.3 is 0 Å². The van der Waals surface area contributed by atoms with Gasteiger partial charge in [0.05, 0.1) is 0 Å². The minimum atomic E-state index is 0.623. The van der Waals surface area contributed by atoms with Crippen molar-refractivity contribution in [3.05, 3.63) is 23.8 Å². The molecule has 1 atom stereocenters. The summed E-state index contributed by atoms with van der Waals surface area (Å²) in [5.74, 6) is 0. The van der Waals surface area contributed by atoms with Gasteiger partial charge in [-0.1, -0.05) is 13.0 Å². The van der Waals surface area contributed by atoms with Gasteiger partial charge in [0.1, 0.15) is 0 Å². The van der Waals surface area contributed by atoms with E-state index in [-0.39, 0.29) is 0 Å². The Hall–Kier alpha value is -0.710.